The lowest BCUT2D eigenvalue weighted by Crippen LogP contribution is -2.39. The van der Waals surface area contributed by atoms with Crippen LogP contribution in [-0.4, -0.2) is 39.6 Å². The number of aromatic nitrogens is 3. The highest BCUT2D eigenvalue weighted by Gasteiger charge is 2.18. The van der Waals surface area contributed by atoms with Gasteiger partial charge in [0.25, 0.3) is 0 Å². The zero-order chi connectivity index (χ0) is 23.0. The normalized spacial score (nSPS) is 10.6. The molecular weight excluding hydrogens is 458 g/mol. The second kappa shape index (κ2) is 10.8. The van der Waals surface area contributed by atoms with Crippen LogP contribution in [-0.2, 0) is 11.3 Å². The van der Waals surface area contributed by atoms with Crippen LogP contribution in [0.15, 0.2) is 77.3 Å². The van der Waals surface area contributed by atoms with E-state index in [4.69, 9.17) is 4.74 Å². The maximum atomic E-state index is 12.3. The van der Waals surface area contributed by atoms with Gasteiger partial charge >= 0.3 is 6.03 Å². The second-order valence-corrected chi connectivity index (χ2v) is 8.78. The molecule has 10 heteroatoms. The highest BCUT2D eigenvalue weighted by molar-refractivity contribution is 7.99. The fraction of sp³-hybridized carbons (Fsp3) is 0.130. The number of thiophene rings is 1. The molecule has 33 heavy (non-hydrogen) atoms. The summed E-state index contributed by atoms with van der Waals surface area (Å²) in [6, 6.07) is 20.5. The Kier molecular flexibility index (Phi) is 7.38. The monoisotopic (exact) mass is 479 g/mol. The van der Waals surface area contributed by atoms with Gasteiger partial charge in [0, 0.05) is 16.1 Å². The summed E-state index contributed by atoms with van der Waals surface area (Å²) in [6.07, 6.45) is 0. The van der Waals surface area contributed by atoms with E-state index in [1.807, 2.05) is 76.7 Å². The number of para-hydroxylation sites is 1. The lowest BCUT2D eigenvalue weighted by atomic mass is 10.2. The summed E-state index contributed by atoms with van der Waals surface area (Å²) < 4.78 is 7.12. The van der Waals surface area contributed by atoms with Crippen LogP contribution in [0.25, 0.3) is 17.1 Å². The molecule has 2 heterocycles. The molecule has 0 aliphatic rings. The average Bonchev–Trinajstić information content (AvgIpc) is 3.52. The van der Waals surface area contributed by atoms with E-state index in [9.17, 15) is 9.59 Å². The van der Waals surface area contributed by atoms with Crippen molar-refractivity contribution in [1.82, 2.24) is 25.4 Å². The van der Waals surface area contributed by atoms with E-state index >= 15 is 0 Å². The van der Waals surface area contributed by atoms with Crippen LogP contribution < -0.4 is 15.4 Å². The van der Waals surface area contributed by atoms with Gasteiger partial charge in [0.2, 0.25) is 5.91 Å². The average molecular weight is 480 g/mol. The van der Waals surface area contributed by atoms with Crippen molar-refractivity contribution >= 4 is 35.0 Å². The molecule has 0 spiro atoms. The van der Waals surface area contributed by atoms with Crippen molar-refractivity contribution in [3.05, 3.63) is 77.0 Å². The van der Waals surface area contributed by atoms with Crippen molar-refractivity contribution in [2.24, 2.45) is 0 Å². The number of nitrogens with zero attached hydrogens (tertiary/aromatic N) is 3. The minimum atomic E-state index is -0.530. The number of urea groups is 1. The predicted octanol–water partition coefficient (Wildman–Crippen LogP) is 4.12. The van der Waals surface area contributed by atoms with E-state index in [0.717, 1.165) is 21.9 Å². The number of hydrogen-bond donors (Lipinski definition) is 2. The van der Waals surface area contributed by atoms with Gasteiger partial charge in [0.15, 0.2) is 11.0 Å². The minimum Gasteiger partial charge on any atom is -0.497 e. The summed E-state index contributed by atoms with van der Waals surface area (Å²) in [5, 5.41) is 16.1. The number of hydrogen-bond acceptors (Lipinski definition) is 7. The number of methoxy groups -OCH3 is 1. The molecule has 0 saturated carbocycles. The lowest BCUT2D eigenvalue weighted by molar-refractivity contribution is -0.117. The van der Waals surface area contributed by atoms with Crippen LogP contribution in [0.1, 0.15) is 4.88 Å². The molecule has 0 fully saturated rings. The van der Waals surface area contributed by atoms with Gasteiger partial charge < -0.3 is 10.1 Å². The molecule has 0 radical (unpaired) electrons. The Morgan fingerprint density at radius 3 is 2.52 bits per heavy atom. The van der Waals surface area contributed by atoms with E-state index < -0.39 is 11.9 Å². The van der Waals surface area contributed by atoms with Crippen molar-refractivity contribution in [2.75, 3.05) is 12.9 Å². The third kappa shape index (κ3) is 5.79. The molecule has 0 bridgehead atoms. The Hall–Kier alpha value is -3.63. The van der Waals surface area contributed by atoms with E-state index in [1.54, 1.807) is 7.11 Å². The van der Waals surface area contributed by atoms with Crippen molar-refractivity contribution in [1.29, 1.82) is 0 Å². The van der Waals surface area contributed by atoms with Gasteiger partial charge in [-0.1, -0.05) is 36.0 Å². The molecular formula is C23H21N5O3S2. The maximum absolute atomic E-state index is 12.3. The summed E-state index contributed by atoms with van der Waals surface area (Å²) in [7, 11) is 1.61. The Bertz CT molecular complexity index is 1210. The Morgan fingerprint density at radius 1 is 1.03 bits per heavy atom. The van der Waals surface area contributed by atoms with Gasteiger partial charge in [-0.15, -0.1) is 21.5 Å². The summed E-state index contributed by atoms with van der Waals surface area (Å²) in [5.74, 6) is 0.978. The number of rotatable bonds is 8. The Labute approximate surface area is 199 Å². The molecule has 2 aromatic heterocycles. The van der Waals surface area contributed by atoms with E-state index in [0.29, 0.717) is 17.5 Å². The number of imide groups is 1. The van der Waals surface area contributed by atoms with Gasteiger partial charge in [0.05, 0.1) is 19.4 Å². The molecule has 0 unspecified atom stereocenters. The first-order valence-electron chi connectivity index (χ1n) is 10.0. The molecule has 8 nitrogen and oxygen atoms in total. The minimum absolute atomic E-state index is 0.0139. The second-order valence-electron chi connectivity index (χ2n) is 6.80. The third-order valence-electron chi connectivity index (χ3n) is 4.58. The first kappa shape index (κ1) is 22.6. The molecule has 0 saturated heterocycles. The summed E-state index contributed by atoms with van der Waals surface area (Å²) in [5.41, 5.74) is 1.72. The summed E-state index contributed by atoms with van der Waals surface area (Å²) in [6.45, 7) is 0.372. The van der Waals surface area contributed by atoms with Gasteiger partial charge in [-0.25, -0.2) is 4.79 Å². The first-order valence-corrected chi connectivity index (χ1v) is 11.9. The van der Waals surface area contributed by atoms with Crippen LogP contribution in [0.4, 0.5) is 4.79 Å². The SMILES string of the molecule is COc1ccc(-c2nnc(SCC(=O)NC(=O)NCc3cccs3)n2-c2ccccc2)cc1. The lowest BCUT2D eigenvalue weighted by Gasteiger charge is -2.11. The zero-order valence-corrected chi connectivity index (χ0v) is 19.4. The van der Waals surface area contributed by atoms with Crippen LogP contribution in [0.2, 0.25) is 0 Å². The first-order chi connectivity index (χ1) is 16.1. The molecule has 4 rings (SSSR count). The van der Waals surface area contributed by atoms with Crippen LogP contribution in [0.5, 0.6) is 5.75 Å². The van der Waals surface area contributed by atoms with Gasteiger partial charge in [-0.05, 0) is 47.8 Å². The largest absolute Gasteiger partial charge is 0.497 e. The highest BCUT2D eigenvalue weighted by atomic mass is 32.2. The molecule has 2 aromatic carbocycles. The van der Waals surface area contributed by atoms with Gasteiger partial charge in [0.1, 0.15) is 5.75 Å². The van der Waals surface area contributed by atoms with Crippen LogP contribution >= 0.6 is 23.1 Å². The molecule has 2 N–H and O–H groups in total. The Balaban J connectivity index is 1.46. The standard InChI is InChI=1S/C23H21N5O3S2/c1-31-18-11-9-16(10-12-18)21-26-27-23(28(21)17-6-3-2-4-7-17)33-15-20(29)25-22(30)24-14-19-8-5-13-32-19/h2-13H,14-15H2,1H3,(H2,24,25,29,30). The smallest absolute Gasteiger partial charge is 0.321 e. The zero-order valence-electron chi connectivity index (χ0n) is 17.7. The van der Waals surface area contributed by atoms with E-state index in [-0.39, 0.29) is 5.75 Å². The maximum Gasteiger partial charge on any atom is 0.321 e. The number of carbonyl (C=O) groups excluding carboxylic acids is 2. The van der Waals surface area contributed by atoms with Crippen LogP contribution in [0, 0.1) is 0 Å². The van der Waals surface area contributed by atoms with Crippen molar-refractivity contribution in [2.45, 2.75) is 11.7 Å². The molecule has 3 amide bonds. The molecule has 0 atom stereocenters. The number of amides is 3. The Morgan fingerprint density at radius 2 is 1.82 bits per heavy atom. The number of thioether (sulfide) groups is 1. The fourth-order valence-corrected chi connectivity index (χ4v) is 4.41. The molecule has 0 aliphatic carbocycles. The summed E-state index contributed by atoms with van der Waals surface area (Å²) >= 11 is 2.74. The number of benzene rings is 2. The fourth-order valence-electron chi connectivity index (χ4n) is 3.02. The van der Waals surface area contributed by atoms with Crippen molar-refractivity contribution < 1.29 is 14.3 Å². The van der Waals surface area contributed by atoms with Crippen molar-refractivity contribution in [3.63, 3.8) is 0 Å². The van der Waals surface area contributed by atoms with Crippen LogP contribution in [0.3, 0.4) is 0 Å². The van der Waals surface area contributed by atoms with Gasteiger partial charge in [-0.2, -0.15) is 0 Å². The third-order valence-corrected chi connectivity index (χ3v) is 6.39. The predicted molar refractivity (Wildman–Crippen MR) is 129 cm³/mol. The molecule has 4 aromatic rings. The number of ether oxygens (including phenoxy) is 1. The van der Waals surface area contributed by atoms with Gasteiger partial charge in [-0.3, -0.25) is 14.7 Å². The quantitative estimate of drug-likeness (QED) is 0.369. The highest BCUT2D eigenvalue weighted by Crippen LogP contribution is 2.28. The van der Waals surface area contributed by atoms with Crippen molar-refractivity contribution in [3.8, 4) is 22.8 Å². The molecule has 168 valence electrons. The van der Waals surface area contributed by atoms with E-state index in [1.165, 1.54) is 23.1 Å². The number of carbonyl (C=O) groups is 2. The topological polar surface area (TPSA) is 98.1 Å². The number of nitrogens with one attached hydrogen (secondary N) is 2. The summed E-state index contributed by atoms with van der Waals surface area (Å²) in [4.78, 5) is 25.3. The molecule has 0 aliphatic heterocycles. The van der Waals surface area contributed by atoms with E-state index in [2.05, 4.69) is 20.8 Å².